The van der Waals surface area contributed by atoms with Crippen molar-refractivity contribution in [1.29, 1.82) is 0 Å². The minimum absolute atomic E-state index is 0.119. The van der Waals surface area contributed by atoms with Gasteiger partial charge in [-0.1, -0.05) is 23.2 Å². The average Bonchev–Trinajstić information content (AvgIpc) is 2.28. The molecular weight excluding hydrogens is 253 g/mol. The second kappa shape index (κ2) is 5.67. The third-order valence-electron chi connectivity index (χ3n) is 1.75. The molecule has 7 heteroatoms. The number of halogens is 2. The molecule has 0 aliphatic heterocycles. The number of nitrogens with one attached hydrogen (secondary N) is 2. The van der Waals surface area contributed by atoms with E-state index in [0.29, 0.717) is 0 Å². The van der Waals surface area contributed by atoms with Crippen LogP contribution in [0.15, 0.2) is 12.3 Å². The largest absolute Gasteiger partial charge is 0.358 e. The molecule has 0 fully saturated rings. The van der Waals surface area contributed by atoms with Crippen molar-refractivity contribution >= 4 is 35.0 Å². The molecule has 0 aliphatic carbocycles. The van der Waals surface area contributed by atoms with Crippen LogP contribution in [0.3, 0.4) is 0 Å². The zero-order valence-corrected chi connectivity index (χ0v) is 9.89. The molecule has 2 N–H and O–H groups in total. The average molecular weight is 262 g/mol. The molecule has 1 aromatic heterocycles. The number of hydrogen-bond acceptors (Lipinski definition) is 3. The van der Waals surface area contributed by atoms with Crippen LogP contribution in [0.4, 0.5) is 0 Å². The number of likely N-dealkylation sites (N-methyl/N-ethyl adjacent to an activating group) is 1. The van der Waals surface area contributed by atoms with Crippen LogP contribution < -0.4 is 10.6 Å². The number of rotatable bonds is 3. The van der Waals surface area contributed by atoms with Gasteiger partial charge in [-0.15, -0.1) is 0 Å². The van der Waals surface area contributed by atoms with Crippen LogP contribution in [0.1, 0.15) is 10.4 Å². The molecule has 0 unspecified atom stereocenters. The first-order valence-corrected chi connectivity index (χ1v) is 5.10. The summed E-state index contributed by atoms with van der Waals surface area (Å²) in [6.07, 6.45) is 1.28. The third-order valence-corrected chi connectivity index (χ3v) is 2.26. The van der Waals surface area contributed by atoms with Crippen LogP contribution in [0.5, 0.6) is 0 Å². The Morgan fingerprint density at radius 1 is 1.44 bits per heavy atom. The molecule has 0 saturated heterocycles. The smallest absolute Gasteiger partial charge is 0.253 e. The van der Waals surface area contributed by atoms with E-state index in [1.165, 1.54) is 19.3 Å². The summed E-state index contributed by atoms with van der Waals surface area (Å²) in [6.45, 7) is -0.119. The van der Waals surface area contributed by atoms with Crippen molar-refractivity contribution in [3.63, 3.8) is 0 Å². The first-order valence-electron chi connectivity index (χ1n) is 4.34. The molecule has 0 saturated carbocycles. The van der Waals surface area contributed by atoms with Crippen LogP contribution >= 0.6 is 23.2 Å². The summed E-state index contributed by atoms with van der Waals surface area (Å²) in [5.74, 6) is -0.775. The standard InChI is InChI=1S/C9H9Cl2N3O2/c1-12-8(15)4-14-9(16)5-2-7(11)13-3-6(5)10/h2-3H,4H2,1H3,(H,12,15)(H,14,16). The van der Waals surface area contributed by atoms with E-state index in [9.17, 15) is 9.59 Å². The van der Waals surface area contributed by atoms with Crippen molar-refractivity contribution in [2.24, 2.45) is 0 Å². The molecule has 0 bridgehead atoms. The molecule has 1 aromatic rings. The second-order valence-corrected chi connectivity index (χ2v) is 3.64. The minimum Gasteiger partial charge on any atom is -0.358 e. The van der Waals surface area contributed by atoms with E-state index in [1.54, 1.807) is 0 Å². The van der Waals surface area contributed by atoms with Gasteiger partial charge in [-0.3, -0.25) is 9.59 Å². The van der Waals surface area contributed by atoms with Gasteiger partial charge in [0.05, 0.1) is 17.1 Å². The van der Waals surface area contributed by atoms with Crippen molar-refractivity contribution in [2.75, 3.05) is 13.6 Å². The van der Waals surface area contributed by atoms with Crippen molar-refractivity contribution < 1.29 is 9.59 Å². The Labute approximate surface area is 102 Å². The molecular formula is C9H9Cl2N3O2. The highest BCUT2D eigenvalue weighted by Crippen LogP contribution is 2.17. The van der Waals surface area contributed by atoms with E-state index >= 15 is 0 Å². The highest BCUT2D eigenvalue weighted by atomic mass is 35.5. The van der Waals surface area contributed by atoms with Crippen molar-refractivity contribution in [3.05, 3.63) is 28.0 Å². The molecule has 5 nitrogen and oxygen atoms in total. The second-order valence-electron chi connectivity index (χ2n) is 2.84. The first-order chi connectivity index (χ1) is 7.54. The predicted molar refractivity (Wildman–Crippen MR) is 60.7 cm³/mol. The Balaban J connectivity index is 2.73. The van der Waals surface area contributed by atoms with E-state index in [2.05, 4.69) is 15.6 Å². The fraction of sp³-hybridized carbons (Fsp3) is 0.222. The lowest BCUT2D eigenvalue weighted by Crippen LogP contribution is -2.35. The Morgan fingerprint density at radius 3 is 2.75 bits per heavy atom. The van der Waals surface area contributed by atoms with Crippen LogP contribution in [0, 0.1) is 0 Å². The summed E-state index contributed by atoms with van der Waals surface area (Å²) < 4.78 is 0. The molecule has 1 heterocycles. The van der Waals surface area contributed by atoms with Crippen LogP contribution in [0.25, 0.3) is 0 Å². The van der Waals surface area contributed by atoms with E-state index in [-0.39, 0.29) is 28.2 Å². The first kappa shape index (κ1) is 12.7. The summed E-state index contributed by atoms with van der Waals surface area (Å²) >= 11 is 11.4. The van der Waals surface area contributed by atoms with Gasteiger partial charge in [0.25, 0.3) is 5.91 Å². The van der Waals surface area contributed by atoms with E-state index in [0.717, 1.165) is 0 Å². The van der Waals surface area contributed by atoms with Crippen LogP contribution in [-0.2, 0) is 4.79 Å². The maximum Gasteiger partial charge on any atom is 0.253 e. The normalized spacial score (nSPS) is 9.69. The van der Waals surface area contributed by atoms with Gasteiger partial charge >= 0.3 is 0 Å². The summed E-state index contributed by atoms with van der Waals surface area (Å²) in [6, 6.07) is 1.34. The number of carbonyl (C=O) groups excluding carboxylic acids is 2. The molecule has 0 aromatic carbocycles. The minimum atomic E-state index is -0.474. The van der Waals surface area contributed by atoms with E-state index in [1.807, 2.05) is 0 Å². The quantitative estimate of drug-likeness (QED) is 0.794. The highest BCUT2D eigenvalue weighted by Gasteiger charge is 2.12. The lowest BCUT2D eigenvalue weighted by Gasteiger charge is -2.05. The summed E-state index contributed by atoms with van der Waals surface area (Å²) in [4.78, 5) is 26.2. The molecule has 16 heavy (non-hydrogen) atoms. The van der Waals surface area contributed by atoms with E-state index in [4.69, 9.17) is 23.2 Å². The number of carbonyl (C=O) groups is 2. The Kier molecular flexibility index (Phi) is 4.52. The number of pyridine rings is 1. The summed E-state index contributed by atoms with van der Waals surface area (Å²) in [5.41, 5.74) is 0.186. The summed E-state index contributed by atoms with van der Waals surface area (Å²) in [7, 11) is 1.48. The SMILES string of the molecule is CNC(=O)CNC(=O)c1cc(Cl)ncc1Cl. The molecule has 0 aliphatic rings. The molecule has 0 spiro atoms. The fourth-order valence-corrected chi connectivity index (χ4v) is 1.28. The van der Waals surface area contributed by atoms with Gasteiger partial charge < -0.3 is 10.6 Å². The number of nitrogens with zero attached hydrogens (tertiary/aromatic N) is 1. The molecule has 0 atom stereocenters. The molecule has 86 valence electrons. The Morgan fingerprint density at radius 2 is 2.12 bits per heavy atom. The zero-order chi connectivity index (χ0) is 12.1. The number of amides is 2. The molecule has 2 amide bonds. The van der Waals surface area contributed by atoms with Crippen molar-refractivity contribution in [2.45, 2.75) is 0 Å². The Bertz CT molecular complexity index is 423. The van der Waals surface area contributed by atoms with Gasteiger partial charge in [0.2, 0.25) is 5.91 Å². The van der Waals surface area contributed by atoms with Crippen LogP contribution in [-0.4, -0.2) is 30.4 Å². The zero-order valence-electron chi connectivity index (χ0n) is 8.38. The van der Waals surface area contributed by atoms with Crippen molar-refractivity contribution in [1.82, 2.24) is 15.6 Å². The lowest BCUT2D eigenvalue weighted by atomic mass is 10.2. The highest BCUT2D eigenvalue weighted by molar-refractivity contribution is 6.35. The number of hydrogen-bond donors (Lipinski definition) is 2. The third kappa shape index (κ3) is 3.36. The Hall–Kier alpha value is -1.33. The van der Waals surface area contributed by atoms with Gasteiger partial charge in [0, 0.05) is 13.2 Å². The fourth-order valence-electron chi connectivity index (χ4n) is 0.931. The van der Waals surface area contributed by atoms with Gasteiger partial charge in [0.1, 0.15) is 5.15 Å². The molecule has 0 radical (unpaired) electrons. The van der Waals surface area contributed by atoms with Gasteiger partial charge in [-0.2, -0.15) is 0 Å². The number of aromatic nitrogens is 1. The van der Waals surface area contributed by atoms with E-state index < -0.39 is 5.91 Å². The predicted octanol–water partition coefficient (Wildman–Crippen LogP) is 0.864. The maximum absolute atomic E-state index is 11.6. The lowest BCUT2D eigenvalue weighted by molar-refractivity contribution is -0.119. The van der Waals surface area contributed by atoms with Crippen molar-refractivity contribution in [3.8, 4) is 0 Å². The topological polar surface area (TPSA) is 71.1 Å². The molecule has 1 rings (SSSR count). The monoisotopic (exact) mass is 261 g/mol. The van der Waals surface area contributed by atoms with Gasteiger partial charge in [0.15, 0.2) is 0 Å². The maximum atomic E-state index is 11.6. The van der Waals surface area contributed by atoms with Crippen LogP contribution in [0.2, 0.25) is 10.2 Å². The van der Waals surface area contributed by atoms with Gasteiger partial charge in [-0.05, 0) is 6.07 Å². The summed E-state index contributed by atoms with van der Waals surface area (Å²) in [5, 5.41) is 5.11. The van der Waals surface area contributed by atoms with Gasteiger partial charge in [-0.25, -0.2) is 4.98 Å².